The van der Waals surface area contributed by atoms with Gasteiger partial charge >= 0.3 is 0 Å². The van der Waals surface area contributed by atoms with Crippen molar-refractivity contribution in [3.05, 3.63) is 42.0 Å². The molecular formula is C23H32N4O4. The Bertz CT molecular complexity index is 839. The number of Topliss-reactive ketones (excluding diaryl/α,β-unsaturated/α-hetero) is 1. The van der Waals surface area contributed by atoms with E-state index in [9.17, 15) is 19.6 Å². The van der Waals surface area contributed by atoms with Crippen LogP contribution < -0.4 is 16.1 Å². The molecule has 2 aliphatic heterocycles. The molecule has 0 radical (unpaired) electrons. The largest absolute Gasteiger partial charge is 0.341 e. The molecule has 0 bridgehead atoms. The van der Waals surface area contributed by atoms with Crippen LogP contribution in [0.2, 0.25) is 0 Å². The molecule has 0 spiro atoms. The Balaban J connectivity index is 1.73. The predicted octanol–water partition coefficient (Wildman–Crippen LogP) is 0.968. The summed E-state index contributed by atoms with van der Waals surface area (Å²) in [5, 5.41) is 15.7. The van der Waals surface area contributed by atoms with Crippen LogP contribution in [0.3, 0.4) is 0 Å². The van der Waals surface area contributed by atoms with Crippen LogP contribution in [0.15, 0.2) is 36.4 Å². The molecule has 31 heavy (non-hydrogen) atoms. The van der Waals surface area contributed by atoms with Gasteiger partial charge in [0.05, 0.1) is 18.0 Å². The zero-order chi connectivity index (χ0) is 22.5. The van der Waals surface area contributed by atoms with E-state index in [2.05, 4.69) is 16.7 Å². The van der Waals surface area contributed by atoms with Crippen molar-refractivity contribution in [3.63, 3.8) is 0 Å². The lowest BCUT2D eigenvalue weighted by molar-refractivity contribution is -0.143. The lowest BCUT2D eigenvalue weighted by Crippen LogP contribution is -2.62. The standard InChI is InChI=1S/C23H32N4O4/c1-14(2)23(30)27(3)17-12-18(22(29)26-31)20(25-13-17)21(28)19-11-16(9-10-24-19)15-7-5-4-6-8-15/h4-9,14,17-20,24-25,31H,10-13H2,1-3H3,(H,26,29)/t17?,18-,19?,20-/m0/s1. The van der Waals surface area contributed by atoms with Gasteiger partial charge in [-0.25, -0.2) is 5.48 Å². The van der Waals surface area contributed by atoms with E-state index in [1.165, 1.54) is 0 Å². The van der Waals surface area contributed by atoms with Crippen LogP contribution in [0.4, 0.5) is 0 Å². The third-order valence-corrected chi connectivity index (χ3v) is 6.27. The van der Waals surface area contributed by atoms with Gasteiger partial charge in [0.25, 0.3) is 0 Å². The molecule has 1 saturated heterocycles. The van der Waals surface area contributed by atoms with E-state index in [0.29, 0.717) is 25.9 Å². The van der Waals surface area contributed by atoms with E-state index in [0.717, 1.165) is 11.1 Å². The third kappa shape index (κ3) is 5.20. The van der Waals surface area contributed by atoms with Gasteiger partial charge in [-0.2, -0.15) is 0 Å². The van der Waals surface area contributed by atoms with Crippen LogP contribution in [0, 0.1) is 11.8 Å². The molecule has 8 heteroatoms. The predicted molar refractivity (Wildman–Crippen MR) is 117 cm³/mol. The van der Waals surface area contributed by atoms with Crippen LogP contribution in [-0.4, -0.2) is 66.0 Å². The molecule has 1 aromatic rings. The second-order valence-corrected chi connectivity index (χ2v) is 8.62. The number of ketones is 1. The number of hydrogen-bond acceptors (Lipinski definition) is 6. The minimum absolute atomic E-state index is 0.0219. The summed E-state index contributed by atoms with van der Waals surface area (Å²) in [5.74, 6) is -1.68. The van der Waals surface area contributed by atoms with Crippen molar-refractivity contribution in [3.8, 4) is 0 Å². The number of nitrogens with zero attached hydrogens (tertiary/aromatic N) is 1. The lowest BCUT2D eigenvalue weighted by atomic mass is 9.81. The zero-order valence-electron chi connectivity index (χ0n) is 18.3. The summed E-state index contributed by atoms with van der Waals surface area (Å²) < 4.78 is 0. The molecule has 2 amide bonds. The molecular weight excluding hydrogens is 396 g/mol. The molecule has 1 aromatic carbocycles. The summed E-state index contributed by atoms with van der Waals surface area (Å²) >= 11 is 0. The first kappa shape index (κ1) is 23.1. The van der Waals surface area contributed by atoms with Gasteiger partial charge in [-0.05, 0) is 24.0 Å². The summed E-state index contributed by atoms with van der Waals surface area (Å²) in [4.78, 5) is 39.8. The van der Waals surface area contributed by atoms with Crippen molar-refractivity contribution in [1.82, 2.24) is 21.0 Å². The number of amides is 2. The number of carbonyl (C=O) groups is 3. The van der Waals surface area contributed by atoms with Gasteiger partial charge in [0.2, 0.25) is 11.8 Å². The van der Waals surface area contributed by atoms with E-state index in [1.807, 2.05) is 44.2 Å². The summed E-state index contributed by atoms with van der Waals surface area (Å²) in [6.45, 7) is 4.63. The van der Waals surface area contributed by atoms with Crippen molar-refractivity contribution in [2.24, 2.45) is 11.8 Å². The number of nitrogens with one attached hydrogen (secondary N) is 3. The number of rotatable bonds is 6. The Morgan fingerprint density at radius 1 is 1.16 bits per heavy atom. The summed E-state index contributed by atoms with van der Waals surface area (Å²) in [5.41, 5.74) is 3.88. The van der Waals surface area contributed by atoms with Crippen molar-refractivity contribution in [2.75, 3.05) is 20.1 Å². The Morgan fingerprint density at radius 2 is 1.87 bits per heavy atom. The topological polar surface area (TPSA) is 111 Å². The lowest BCUT2D eigenvalue weighted by Gasteiger charge is -2.41. The maximum Gasteiger partial charge on any atom is 0.248 e. The number of benzene rings is 1. The molecule has 2 aliphatic rings. The van der Waals surface area contributed by atoms with Crippen molar-refractivity contribution < 1.29 is 19.6 Å². The van der Waals surface area contributed by atoms with Gasteiger partial charge in [-0.15, -0.1) is 0 Å². The van der Waals surface area contributed by atoms with Crippen LogP contribution in [-0.2, 0) is 14.4 Å². The van der Waals surface area contributed by atoms with Crippen LogP contribution >= 0.6 is 0 Å². The fourth-order valence-corrected chi connectivity index (χ4v) is 4.45. The quantitative estimate of drug-likeness (QED) is 0.397. The van der Waals surface area contributed by atoms with E-state index < -0.39 is 23.9 Å². The zero-order valence-corrected chi connectivity index (χ0v) is 18.3. The number of hydroxylamine groups is 1. The number of hydrogen-bond donors (Lipinski definition) is 4. The first-order valence-electron chi connectivity index (χ1n) is 10.8. The number of carbonyl (C=O) groups excluding carboxylic acids is 3. The molecule has 2 heterocycles. The average Bonchev–Trinajstić information content (AvgIpc) is 2.82. The minimum Gasteiger partial charge on any atom is -0.341 e. The van der Waals surface area contributed by atoms with Gasteiger partial charge in [0, 0.05) is 32.1 Å². The maximum absolute atomic E-state index is 13.4. The molecule has 0 aromatic heterocycles. The molecule has 3 rings (SSSR count). The molecule has 168 valence electrons. The van der Waals surface area contributed by atoms with Crippen LogP contribution in [0.1, 0.15) is 32.3 Å². The smallest absolute Gasteiger partial charge is 0.248 e. The fraction of sp³-hybridized carbons (Fsp3) is 0.522. The van der Waals surface area contributed by atoms with Crippen molar-refractivity contribution >= 4 is 23.2 Å². The Hall–Kier alpha value is -2.55. The van der Waals surface area contributed by atoms with E-state index in [4.69, 9.17) is 0 Å². The molecule has 1 fully saturated rings. The van der Waals surface area contributed by atoms with Crippen molar-refractivity contribution in [2.45, 2.75) is 44.8 Å². The van der Waals surface area contributed by atoms with Crippen LogP contribution in [0.25, 0.3) is 5.57 Å². The molecule has 4 atom stereocenters. The Morgan fingerprint density at radius 3 is 2.52 bits per heavy atom. The van der Waals surface area contributed by atoms with E-state index in [-0.39, 0.29) is 23.7 Å². The highest BCUT2D eigenvalue weighted by Crippen LogP contribution is 2.27. The average molecular weight is 429 g/mol. The Kier molecular flexibility index (Phi) is 7.59. The van der Waals surface area contributed by atoms with Gasteiger partial charge in [-0.3, -0.25) is 19.6 Å². The van der Waals surface area contributed by atoms with Crippen LogP contribution in [0.5, 0.6) is 0 Å². The third-order valence-electron chi connectivity index (χ3n) is 6.27. The normalized spacial score (nSPS) is 26.2. The summed E-state index contributed by atoms with van der Waals surface area (Å²) in [7, 11) is 1.71. The molecule has 8 nitrogen and oxygen atoms in total. The van der Waals surface area contributed by atoms with Gasteiger partial charge in [0.15, 0.2) is 5.78 Å². The second-order valence-electron chi connectivity index (χ2n) is 8.62. The Labute approximate surface area is 183 Å². The van der Waals surface area contributed by atoms with Gasteiger partial charge in [-0.1, -0.05) is 50.3 Å². The van der Waals surface area contributed by atoms with E-state index in [1.54, 1.807) is 17.4 Å². The monoisotopic (exact) mass is 428 g/mol. The number of likely N-dealkylation sites (N-methyl/N-ethyl adjacent to an activating group) is 1. The minimum atomic E-state index is -0.772. The molecule has 0 aliphatic carbocycles. The molecule has 4 N–H and O–H groups in total. The highest BCUT2D eigenvalue weighted by molar-refractivity contribution is 5.96. The SMILES string of the molecule is CC(C)C(=O)N(C)C1CN[C@H](C(=O)C2CC(c3ccccc3)=CCN2)[C@@H](C(=O)NO)C1. The van der Waals surface area contributed by atoms with E-state index >= 15 is 0 Å². The molecule has 0 saturated carbocycles. The maximum atomic E-state index is 13.4. The summed E-state index contributed by atoms with van der Waals surface area (Å²) in [6.07, 6.45) is 2.91. The molecule has 2 unspecified atom stereocenters. The van der Waals surface area contributed by atoms with Crippen molar-refractivity contribution in [1.29, 1.82) is 0 Å². The highest BCUT2D eigenvalue weighted by Gasteiger charge is 2.43. The number of piperidine rings is 1. The second kappa shape index (κ2) is 10.2. The first-order valence-corrected chi connectivity index (χ1v) is 10.8. The summed E-state index contributed by atoms with van der Waals surface area (Å²) in [6, 6.07) is 8.52. The van der Waals surface area contributed by atoms with Gasteiger partial charge < -0.3 is 15.5 Å². The van der Waals surface area contributed by atoms with Gasteiger partial charge in [0.1, 0.15) is 0 Å². The first-order chi connectivity index (χ1) is 14.8. The fourth-order valence-electron chi connectivity index (χ4n) is 4.45. The highest BCUT2D eigenvalue weighted by atomic mass is 16.5.